The smallest absolute Gasteiger partial charge is 0.261 e. The molecule has 3 unspecified atom stereocenters. The minimum Gasteiger partial charge on any atom is -0.490 e. The minimum atomic E-state index is -1.25. The number of hydrogen-bond acceptors (Lipinski definition) is 3. The van der Waals surface area contributed by atoms with Gasteiger partial charge in [0.1, 0.15) is 34.9 Å². The molecule has 1 aliphatic rings. The first-order valence-corrected chi connectivity index (χ1v) is 9.19. The molecule has 4 nitrogen and oxygen atoms in total. The third-order valence-corrected chi connectivity index (χ3v) is 5.42. The topological polar surface area (TPSA) is 41.6 Å². The van der Waals surface area contributed by atoms with Crippen LogP contribution in [-0.2, 0) is 0 Å². The Kier molecular flexibility index (Phi) is 5.93. The predicted octanol–water partition coefficient (Wildman–Crippen LogP) is 4.46. The van der Waals surface area contributed by atoms with Gasteiger partial charge in [-0.3, -0.25) is 4.79 Å². The molecule has 1 saturated heterocycles. The number of nitrogens with zero attached hydrogens (tertiary/aromatic N) is 1. The van der Waals surface area contributed by atoms with E-state index in [4.69, 9.17) is 4.74 Å². The van der Waals surface area contributed by atoms with Crippen molar-refractivity contribution in [3.05, 3.63) is 59.4 Å². The lowest BCUT2D eigenvalue weighted by atomic mass is 9.89. The fourth-order valence-electron chi connectivity index (χ4n) is 3.45. The summed E-state index contributed by atoms with van der Waals surface area (Å²) in [5.74, 6) is -3.70. The van der Waals surface area contributed by atoms with Gasteiger partial charge in [-0.15, -0.1) is 0 Å². The molecule has 0 radical (unpaired) electrons. The Bertz CT molecular complexity index is 851. The summed E-state index contributed by atoms with van der Waals surface area (Å²) in [6.45, 7) is 5.22. The van der Waals surface area contributed by atoms with E-state index in [0.29, 0.717) is 35.5 Å². The number of ether oxygens (including phenoxy) is 1. The Morgan fingerprint density at radius 2 is 1.82 bits per heavy atom. The average molecular weight is 392 g/mol. The minimum absolute atomic E-state index is 0.0316. The van der Waals surface area contributed by atoms with Crippen molar-refractivity contribution in [2.45, 2.75) is 32.4 Å². The molecule has 1 heterocycles. The highest BCUT2D eigenvalue weighted by Crippen LogP contribution is 2.28. The van der Waals surface area contributed by atoms with Crippen LogP contribution in [0.5, 0.6) is 5.75 Å². The Hall–Kier alpha value is -2.54. The Balaban J connectivity index is 1.73. The number of halogens is 3. The molecule has 1 amide bonds. The second-order valence-corrected chi connectivity index (χ2v) is 7.25. The maximum atomic E-state index is 13.8. The molecule has 1 fully saturated rings. The highest BCUT2D eigenvalue weighted by atomic mass is 19.1. The molecular formula is C21H23F3N2O2. The van der Waals surface area contributed by atoms with Gasteiger partial charge in [-0.1, -0.05) is 13.0 Å². The number of carbonyl (C=O) groups excluding carboxylic acids is 1. The zero-order valence-electron chi connectivity index (χ0n) is 16.0. The predicted molar refractivity (Wildman–Crippen MR) is 101 cm³/mol. The van der Waals surface area contributed by atoms with E-state index in [1.54, 1.807) is 24.3 Å². The number of piperidine rings is 1. The van der Waals surface area contributed by atoms with Gasteiger partial charge in [-0.25, -0.2) is 13.2 Å². The van der Waals surface area contributed by atoms with Gasteiger partial charge in [-0.05, 0) is 32.5 Å². The van der Waals surface area contributed by atoms with Gasteiger partial charge in [0.25, 0.3) is 5.91 Å². The van der Waals surface area contributed by atoms with E-state index in [1.165, 1.54) is 0 Å². The number of likely N-dealkylation sites (tertiary alicyclic amines) is 1. The van der Waals surface area contributed by atoms with Crippen molar-refractivity contribution < 1.29 is 22.7 Å². The zero-order valence-corrected chi connectivity index (χ0v) is 16.0. The van der Waals surface area contributed by atoms with E-state index in [0.717, 1.165) is 13.0 Å². The Morgan fingerprint density at radius 1 is 1.14 bits per heavy atom. The third kappa shape index (κ3) is 4.30. The Labute approximate surface area is 162 Å². The van der Waals surface area contributed by atoms with Crippen LogP contribution in [0.3, 0.4) is 0 Å². The lowest BCUT2D eigenvalue weighted by Gasteiger charge is -2.40. The molecule has 0 saturated carbocycles. The normalized spacial score (nSPS) is 22.7. The quantitative estimate of drug-likeness (QED) is 0.835. The van der Waals surface area contributed by atoms with Crippen LogP contribution in [0.15, 0.2) is 36.4 Å². The summed E-state index contributed by atoms with van der Waals surface area (Å²) in [6, 6.07) is 7.97. The molecule has 150 valence electrons. The van der Waals surface area contributed by atoms with Crippen LogP contribution in [0, 0.1) is 23.4 Å². The molecule has 0 spiro atoms. The first-order chi connectivity index (χ1) is 13.3. The van der Waals surface area contributed by atoms with E-state index in [1.807, 2.05) is 0 Å². The zero-order chi connectivity index (χ0) is 20.4. The van der Waals surface area contributed by atoms with Crippen LogP contribution in [0.25, 0.3) is 0 Å². The van der Waals surface area contributed by atoms with Gasteiger partial charge in [0.05, 0.1) is 0 Å². The lowest BCUT2D eigenvalue weighted by molar-refractivity contribution is 0.0260. The molecule has 1 N–H and O–H groups in total. The van der Waals surface area contributed by atoms with Gasteiger partial charge in [0.15, 0.2) is 0 Å². The van der Waals surface area contributed by atoms with Gasteiger partial charge in [-0.2, -0.15) is 0 Å². The molecule has 0 bridgehead atoms. The first-order valence-electron chi connectivity index (χ1n) is 9.19. The van der Waals surface area contributed by atoms with Crippen LogP contribution in [-0.4, -0.2) is 36.5 Å². The van der Waals surface area contributed by atoms with Crippen LogP contribution in [0.4, 0.5) is 18.9 Å². The van der Waals surface area contributed by atoms with Gasteiger partial charge >= 0.3 is 0 Å². The lowest BCUT2D eigenvalue weighted by Crippen LogP contribution is -2.48. The number of anilines is 1. The Morgan fingerprint density at radius 3 is 2.50 bits per heavy atom. The van der Waals surface area contributed by atoms with E-state index < -0.39 is 28.9 Å². The maximum absolute atomic E-state index is 13.8. The average Bonchev–Trinajstić information content (AvgIpc) is 2.61. The van der Waals surface area contributed by atoms with Gasteiger partial charge in [0.2, 0.25) is 0 Å². The largest absolute Gasteiger partial charge is 0.490 e. The highest BCUT2D eigenvalue weighted by molar-refractivity contribution is 6.04. The fraction of sp³-hybridized carbons (Fsp3) is 0.381. The summed E-state index contributed by atoms with van der Waals surface area (Å²) in [7, 11) is 2.08. The van der Waals surface area contributed by atoms with Gasteiger partial charge < -0.3 is 15.0 Å². The first kappa shape index (κ1) is 20.2. The van der Waals surface area contributed by atoms with Crippen molar-refractivity contribution in [2.24, 2.45) is 5.92 Å². The second kappa shape index (κ2) is 8.22. The molecular weight excluding hydrogens is 369 g/mol. The summed E-state index contributed by atoms with van der Waals surface area (Å²) in [5, 5.41) is 2.43. The monoisotopic (exact) mass is 392 g/mol. The standard InChI is InChI=1S/C21H23F3N2O2/c1-12-13(2)26(3)8-7-19(12)28-16-6-4-5-15(11-16)25-21(27)20-17(23)9-14(22)10-18(20)24/h4-6,9-13,19H,7-8H2,1-3H3,(H,25,27). The van der Waals surface area contributed by atoms with Crippen molar-refractivity contribution in [3.63, 3.8) is 0 Å². The number of benzene rings is 2. The number of rotatable bonds is 4. The van der Waals surface area contributed by atoms with Crippen LogP contribution in [0.2, 0.25) is 0 Å². The highest BCUT2D eigenvalue weighted by Gasteiger charge is 2.31. The van der Waals surface area contributed by atoms with Crippen molar-refractivity contribution in [1.82, 2.24) is 4.90 Å². The summed E-state index contributed by atoms with van der Waals surface area (Å²) >= 11 is 0. The summed E-state index contributed by atoms with van der Waals surface area (Å²) in [4.78, 5) is 14.5. The summed E-state index contributed by atoms with van der Waals surface area (Å²) in [5.41, 5.74) is -0.496. The van der Waals surface area contributed by atoms with E-state index >= 15 is 0 Å². The molecule has 0 aromatic heterocycles. The molecule has 0 aliphatic carbocycles. The maximum Gasteiger partial charge on any atom is 0.261 e. The number of carbonyl (C=O) groups is 1. The van der Waals surface area contributed by atoms with E-state index in [-0.39, 0.29) is 6.10 Å². The summed E-state index contributed by atoms with van der Waals surface area (Å²) < 4.78 is 46.7. The number of amides is 1. The molecule has 2 aromatic rings. The third-order valence-electron chi connectivity index (χ3n) is 5.42. The number of nitrogens with one attached hydrogen (secondary N) is 1. The van der Waals surface area contributed by atoms with Crippen molar-refractivity contribution >= 4 is 11.6 Å². The number of hydrogen-bond donors (Lipinski definition) is 1. The molecule has 28 heavy (non-hydrogen) atoms. The SMILES string of the molecule is CC1C(Oc2cccc(NC(=O)c3c(F)cc(F)cc3F)c2)CCN(C)C1C. The fourth-order valence-corrected chi connectivity index (χ4v) is 3.45. The molecule has 3 rings (SSSR count). The van der Waals surface area contributed by atoms with Crippen LogP contribution < -0.4 is 10.1 Å². The van der Waals surface area contributed by atoms with E-state index in [9.17, 15) is 18.0 Å². The molecule has 7 heteroatoms. The van der Waals surface area contributed by atoms with Crippen molar-refractivity contribution in [1.29, 1.82) is 0 Å². The van der Waals surface area contributed by atoms with Crippen LogP contribution in [0.1, 0.15) is 30.6 Å². The summed E-state index contributed by atoms with van der Waals surface area (Å²) in [6.07, 6.45) is 0.911. The van der Waals surface area contributed by atoms with Gasteiger partial charge in [0, 0.05) is 42.4 Å². The molecule has 2 aromatic carbocycles. The van der Waals surface area contributed by atoms with Crippen LogP contribution >= 0.6 is 0 Å². The van der Waals surface area contributed by atoms with Crippen molar-refractivity contribution in [3.8, 4) is 5.75 Å². The molecule has 3 atom stereocenters. The second-order valence-electron chi connectivity index (χ2n) is 7.25. The molecule has 1 aliphatic heterocycles. The van der Waals surface area contributed by atoms with E-state index in [2.05, 4.69) is 31.1 Å². The van der Waals surface area contributed by atoms with Crippen molar-refractivity contribution in [2.75, 3.05) is 18.9 Å².